The molecule has 0 saturated heterocycles. The summed E-state index contributed by atoms with van der Waals surface area (Å²) in [5, 5.41) is 5.92. The molecule has 0 aromatic carbocycles. The molecule has 0 spiro atoms. The van der Waals surface area contributed by atoms with E-state index in [1.165, 1.54) is 0 Å². The highest BCUT2D eigenvalue weighted by Gasteiger charge is 2.08. The van der Waals surface area contributed by atoms with Crippen LogP contribution in [0, 0.1) is 6.92 Å². The number of nitrogens with zero attached hydrogens (tertiary/aromatic N) is 3. The van der Waals surface area contributed by atoms with Crippen LogP contribution in [0.5, 0.6) is 0 Å². The zero-order chi connectivity index (χ0) is 13.7. The Balaban J connectivity index is 2.02. The van der Waals surface area contributed by atoms with Crippen molar-refractivity contribution in [3.8, 4) is 0 Å². The molecule has 0 aliphatic heterocycles. The Labute approximate surface area is 122 Å². The molecule has 2 heterocycles. The Morgan fingerprint density at radius 3 is 2.84 bits per heavy atom. The van der Waals surface area contributed by atoms with Gasteiger partial charge in [-0.3, -0.25) is 0 Å². The van der Waals surface area contributed by atoms with E-state index in [4.69, 9.17) is 11.6 Å². The van der Waals surface area contributed by atoms with Crippen LogP contribution in [-0.2, 0) is 12.8 Å². The highest BCUT2D eigenvalue weighted by atomic mass is 35.5. The molecule has 2 aromatic rings. The van der Waals surface area contributed by atoms with Gasteiger partial charge in [0.05, 0.1) is 11.2 Å². The second-order valence-corrected chi connectivity index (χ2v) is 5.39. The molecule has 1 N–H and O–H groups in total. The number of anilines is 1. The zero-order valence-corrected chi connectivity index (χ0v) is 12.7. The Kier molecular flexibility index (Phi) is 5.10. The van der Waals surface area contributed by atoms with E-state index >= 15 is 0 Å². The lowest BCUT2D eigenvalue weighted by molar-refractivity contribution is 0.828. The number of hydrogen-bond acceptors (Lipinski definition) is 5. The molecule has 0 fully saturated rings. The fraction of sp³-hybridized carbons (Fsp3) is 0.462. The van der Waals surface area contributed by atoms with Gasteiger partial charge < -0.3 is 5.32 Å². The van der Waals surface area contributed by atoms with Crippen molar-refractivity contribution in [3.63, 3.8) is 0 Å². The minimum atomic E-state index is 0.537. The van der Waals surface area contributed by atoms with Crippen molar-refractivity contribution in [1.82, 2.24) is 15.0 Å². The van der Waals surface area contributed by atoms with Crippen LogP contribution in [0.2, 0.25) is 5.15 Å². The van der Waals surface area contributed by atoms with Crippen molar-refractivity contribution < 1.29 is 0 Å². The molecule has 0 radical (unpaired) electrons. The SMILES string of the molecule is CCCc1nc(Cl)c(C)c(NCCc2cscn2)n1. The minimum absolute atomic E-state index is 0.537. The van der Waals surface area contributed by atoms with E-state index in [0.29, 0.717) is 5.15 Å². The Bertz CT molecular complexity index is 528. The van der Waals surface area contributed by atoms with Crippen molar-refractivity contribution >= 4 is 28.8 Å². The van der Waals surface area contributed by atoms with E-state index in [2.05, 4.69) is 32.6 Å². The summed E-state index contributed by atoms with van der Waals surface area (Å²) in [6.45, 7) is 4.83. The molecule has 0 atom stereocenters. The maximum Gasteiger partial charge on any atom is 0.137 e. The average Bonchev–Trinajstić information content (AvgIpc) is 2.88. The van der Waals surface area contributed by atoms with Gasteiger partial charge in [0.15, 0.2) is 0 Å². The molecule has 0 aliphatic rings. The largest absolute Gasteiger partial charge is 0.369 e. The molecule has 2 aromatic heterocycles. The molecule has 6 heteroatoms. The van der Waals surface area contributed by atoms with Crippen molar-refractivity contribution in [2.75, 3.05) is 11.9 Å². The fourth-order valence-corrected chi connectivity index (χ4v) is 2.49. The number of thiazole rings is 1. The van der Waals surface area contributed by atoms with Gasteiger partial charge in [0.2, 0.25) is 0 Å². The smallest absolute Gasteiger partial charge is 0.137 e. The molecular formula is C13H17ClN4S. The fourth-order valence-electron chi connectivity index (χ4n) is 1.71. The first kappa shape index (κ1) is 14.2. The quantitative estimate of drug-likeness (QED) is 0.829. The summed E-state index contributed by atoms with van der Waals surface area (Å²) < 4.78 is 0. The van der Waals surface area contributed by atoms with Crippen molar-refractivity contribution in [3.05, 3.63) is 33.1 Å². The molecule has 19 heavy (non-hydrogen) atoms. The Morgan fingerprint density at radius 2 is 2.16 bits per heavy atom. The third-order valence-electron chi connectivity index (χ3n) is 2.76. The second kappa shape index (κ2) is 6.82. The van der Waals surface area contributed by atoms with Crippen molar-refractivity contribution in [1.29, 1.82) is 0 Å². The van der Waals surface area contributed by atoms with E-state index in [0.717, 1.165) is 48.7 Å². The number of aromatic nitrogens is 3. The number of aryl methyl sites for hydroxylation is 1. The topological polar surface area (TPSA) is 50.7 Å². The number of hydrogen-bond donors (Lipinski definition) is 1. The van der Waals surface area contributed by atoms with Crippen molar-refractivity contribution in [2.24, 2.45) is 0 Å². The molecular weight excluding hydrogens is 280 g/mol. The number of nitrogens with one attached hydrogen (secondary N) is 1. The van der Waals surface area contributed by atoms with Gasteiger partial charge in [-0.15, -0.1) is 11.3 Å². The third kappa shape index (κ3) is 3.88. The summed E-state index contributed by atoms with van der Waals surface area (Å²) >= 11 is 7.75. The van der Waals surface area contributed by atoms with Crippen LogP contribution in [0.3, 0.4) is 0 Å². The Morgan fingerprint density at radius 1 is 1.32 bits per heavy atom. The van der Waals surface area contributed by atoms with E-state index in [1.54, 1.807) is 11.3 Å². The first-order valence-electron chi connectivity index (χ1n) is 6.34. The van der Waals surface area contributed by atoms with Gasteiger partial charge in [-0.25, -0.2) is 15.0 Å². The molecule has 0 bridgehead atoms. The lowest BCUT2D eigenvalue weighted by Gasteiger charge is -2.10. The summed E-state index contributed by atoms with van der Waals surface area (Å²) in [4.78, 5) is 13.1. The summed E-state index contributed by atoms with van der Waals surface area (Å²) in [6.07, 6.45) is 2.74. The first-order chi connectivity index (χ1) is 9.20. The molecule has 0 saturated carbocycles. The zero-order valence-electron chi connectivity index (χ0n) is 11.1. The van der Waals surface area contributed by atoms with E-state index in [-0.39, 0.29) is 0 Å². The van der Waals surface area contributed by atoms with Gasteiger partial charge in [-0.1, -0.05) is 18.5 Å². The monoisotopic (exact) mass is 296 g/mol. The predicted octanol–water partition coefficient (Wildman–Crippen LogP) is 3.50. The normalized spacial score (nSPS) is 10.7. The third-order valence-corrected chi connectivity index (χ3v) is 3.77. The lowest BCUT2D eigenvalue weighted by Crippen LogP contribution is -2.10. The van der Waals surface area contributed by atoms with Crippen LogP contribution in [-0.4, -0.2) is 21.5 Å². The van der Waals surface area contributed by atoms with Crippen LogP contribution < -0.4 is 5.32 Å². The maximum absolute atomic E-state index is 6.13. The second-order valence-electron chi connectivity index (χ2n) is 4.31. The minimum Gasteiger partial charge on any atom is -0.369 e. The first-order valence-corrected chi connectivity index (χ1v) is 7.66. The molecule has 2 rings (SSSR count). The van der Waals surface area contributed by atoms with Crippen molar-refractivity contribution in [2.45, 2.75) is 33.1 Å². The van der Waals surface area contributed by atoms with Gasteiger partial charge >= 0.3 is 0 Å². The maximum atomic E-state index is 6.13. The standard InChI is InChI=1S/C13H17ClN4S/c1-3-4-11-17-12(14)9(2)13(18-11)15-6-5-10-7-19-8-16-10/h7-8H,3-6H2,1-2H3,(H,15,17,18). The van der Waals surface area contributed by atoms with Gasteiger partial charge in [0, 0.05) is 30.3 Å². The van der Waals surface area contributed by atoms with Crippen LogP contribution >= 0.6 is 22.9 Å². The molecule has 4 nitrogen and oxygen atoms in total. The summed E-state index contributed by atoms with van der Waals surface area (Å²) in [6, 6.07) is 0. The predicted molar refractivity (Wildman–Crippen MR) is 80.1 cm³/mol. The van der Waals surface area contributed by atoms with Crippen LogP contribution in [0.1, 0.15) is 30.4 Å². The van der Waals surface area contributed by atoms with E-state index in [9.17, 15) is 0 Å². The van der Waals surface area contributed by atoms with Crippen LogP contribution in [0.4, 0.5) is 5.82 Å². The molecule has 0 aliphatic carbocycles. The van der Waals surface area contributed by atoms with Gasteiger partial charge in [-0.2, -0.15) is 0 Å². The summed E-state index contributed by atoms with van der Waals surface area (Å²) in [7, 11) is 0. The lowest BCUT2D eigenvalue weighted by atomic mass is 10.3. The number of rotatable bonds is 6. The highest BCUT2D eigenvalue weighted by molar-refractivity contribution is 7.07. The molecule has 0 unspecified atom stereocenters. The summed E-state index contributed by atoms with van der Waals surface area (Å²) in [5.74, 6) is 1.63. The van der Waals surface area contributed by atoms with E-state index < -0.39 is 0 Å². The van der Waals surface area contributed by atoms with E-state index in [1.807, 2.05) is 12.4 Å². The van der Waals surface area contributed by atoms with Gasteiger partial charge in [-0.05, 0) is 13.3 Å². The molecule has 0 amide bonds. The van der Waals surface area contributed by atoms with Gasteiger partial charge in [0.25, 0.3) is 0 Å². The average molecular weight is 297 g/mol. The number of halogens is 1. The highest BCUT2D eigenvalue weighted by Crippen LogP contribution is 2.20. The molecule has 102 valence electrons. The Hall–Kier alpha value is -1.20. The van der Waals surface area contributed by atoms with Gasteiger partial charge in [0.1, 0.15) is 16.8 Å². The van der Waals surface area contributed by atoms with Crippen LogP contribution in [0.15, 0.2) is 10.9 Å². The van der Waals surface area contributed by atoms with Crippen LogP contribution in [0.25, 0.3) is 0 Å². The summed E-state index contributed by atoms with van der Waals surface area (Å²) in [5.41, 5.74) is 3.85.